The summed E-state index contributed by atoms with van der Waals surface area (Å²) in [6.07, 6.45) is -0.255. The first kappa shape index (κ1) is 20.4. The maximum atomic E-state index is 6.51. The highest BCUT2D eigenvalue weighted by Gasteiger charge is 2.27. The van der Waals surface area contributed by atoms with Gasteiger partial charge in [0.2, 0.25) is 0 Å². The van der Waals surface area contributed by atoms with Crippen LogP contribution >= 0.6 is 22.9 Å². The third-order valence-corrected chi connectivity index (χ3v) is 4.13. The Kier molecular flexibility index (Phi) is 9.57. The lowest BCUT2D eigenvalue weighted by atomic mass is 9.76. The second-order valence-electron chi connectivity index (χ2n) is 6.40. The molecule has 0 aliphatic rings. The van der Waals surface area contributed by atoms with Crippen molar-refractivity contribution >= 4 is 35.4 Å². The van der Waals surface area contributed by atoms with Gasteiger partial charge in [0, 0.05) is 0 Å². The van der Waals surface area contributed by atoms with Crippen LogP contribution in [0.4, 0.5) is 0 Å². The molecule has 0 aromatic carbocycles. The van der Waals surface area contributed by atoms with Crippen molar-refractivity contribution in [1.29, 1.82) is 0 Å². The SMILES string of the molecule is CC(C)N(B(Cl)C=CB(Cl)N(C(C)C)C(C)C)C(C)C. The first-order chi connectivity index (χ1) is 9.09. The maximum absolute atomic E-state index is 6.51. The molecule has 0 saturated heterocycles. The molecule has 0 bridgehead atoms. The van der Waals surface area contributed by atoms with Crippen LogP contribution in [0.15, 0.2) is 12.0 Å². The molecular formula is C14H30B2Cl2N2. The molecule has 2 nitrogen and oxygen atoms in total. The highest BCUT2D eigenvalue weighted by Crippen LogP contribution is 2.15. The minimum Gasteiger partial charge on any atom is -0.320 e. The van der Waals surface area contributed by atoms with Gasteiger partial charge in [0.25, 0.3) is 0 Å². The van der Waals surface area contributed by atoms with Crippen LogP contribution in [0.25, 0.3) is 0 Å². The minimum atomic E-state index is -0.127. The molecule has 0 heterocycles. The Labute approximate surface area is 136 Å². The number of rotatable bonds is 8. The molecule has 0 aromatic heterocycles. The monoisotopic (exact) mass is 318 g/mol. The molecule has 0 atom stereocenters. The van der Waals surface area contributed by atoms with Crippen LogP contribution in [0.1, 0.15) is 55.4 Å². The van der Waals surface area contributed by atoms with E-state index in [2.05, 4.69) is 65.0 Å². The van der Waals surface area contributed by atoms with Gasteiger partial charge in [-0.1, -0.05) is 67.3 Å². The Morgan fingerprint density at radius 2 is 0.800 bits per heavy atom. The second kappa shape index (κ2) is 9.40. The molecule has 0 aromatic rings. The van der Waals surface area contributed by atoms with Crippen molar-refractivity contribution in [2.24, 2.45) is 0 Å². The van der Waals surface area contributed by atoms with Crippen molar-refractivity contribution in [3.8, 4) is 0 Å². The molecule has 20 heavy (non-hydrogen) atoms. The van der Waals surface area contributed by atoms with Gasteiger partial charge < -0.3 is 9.62 Å². The number of hydrogen-bond acceptors (Lipinski definition) is 2. The molecule has 0 aliphatic heterocycles. The van der Waals surface area contributed by atoms with Gasteiger partial charge in [0.1, 0.15) is 0 Å². The van der Waals surface area contributed by atoms with Gasteiger partial charge >= 0.3 is 12.5 Å². The summed E-state index contributed by atoms with van der Waals surface area (Å²) in [4.78, 5) is 4.52. The van der Waals surface area contributed by atoms with Crippen LogP contribution in [0.2, 0.25) is 0 Å². The van der Waals surface area contributed by atoms with Gasteiger partial charge in [-0.2, -0.15) is 22.9 Å². The Hall–Kier alpha value is 0.370. The lowest BCUT2D eigenvalue weighted by Gasteiger charge is -2.33. The molecule has 0 aliphatic carbocycles. The normalized spacial score (nSPS) is 13.0. The fourth-order valence-electron chi connectivity index (χ4n) is 2.71. The molecule has 0 amide bonds. The molecule has 0 spiro atoms. The Balaban J connectivity index is 4.83. The zero-order valence-electron chi connectivity index (χ0n) is 14.3. The molecule has 6 heteroatoms. The van der Waals surface area contributed by atoms with Gasteiger partial charge in [-0.15, -0.1) is 0 Å². The van der Waals surface area contributed by atoms with Crippen molar-refractivity contribution < 1.29 is 0 Å². The van der Waals surface area contributed by atoms with Crippen LogP contribution in [0, 0.1) is 0 Å². The molecule has 0 radical (unpaired) electrons. The van der Waals surface area contributed by atoms with E-state index in [9.17, 15) is 0 Å². The van der Waals surface area contributed by atoms with Gasteiger partial charge in [-0.25, -0.2) is 0 Å². The average Bonchev–Trinajstić information content (AvgIpc) is 2.23. The molecule has 0 N–H and O–H groups in total. The van der Waals surface area contributed by atoms with Crippen LogP contribution in [0.3, 0.4) is 0 Å². The van der Waals surface area contributed by atoms with E-state index in [1.54, 1.807) is 0 Å². The van der Waals surface area contributed by atoms with Crippen molar-refractivity contribution in [3.63, 3.8) is 0 Å². The third-order valence-electron chi connectivity index (χ3n) is 3.38. The average molecular weight is 319 g/mol. The zero-order valence-corrected chi connectivity index (χ0v) is 15.8. The second-order valence-corrected chi connectivity index (χ2v) is 7.29. The van der Waals surface area contributed by atoms with Crippen LogP contribution < -0.4 is 0 Å². The van der Waals surface area contributed by atoms with E-state index in [1.165, 1.54) is 0 Å². The Morgan fingerprint density at radius 1 is 0.600 bits per heavy atom. The van der Waals surface area contributed by atoms with E-state index in [0.29, 0.717) is 24.2 Å². The van der Waals surface area contributed by atoms with Gasteiger partial charge in [0.15, 0.2) is 0 Å². The Morgan fingerprint density at radius 3 is 0.950 bits per heavy atom. The lowest BCUT2D eigenvalue weighted by Crippen LogP contribution is -2.46. The largest absolute Gasteiger partial charge is 0.356 e. The summed E-state index contributed by atoms with van der Waals surface area (Å²) in [6.45, 7) is 17.3. The molecule has 0 fully saturated rings. The zero-order chi connectivity index (χ0) is 16.0. The minimum absolute atomic E-state index is 0.127. The van der Waals surface area contributed by atoms with Crippen molar-refractivity contribution in [2.75, 3.05) is 0 Å². The fraction of sp³-hybridized carbons (Fsp3) is 0.857. The molecule has 0 rings (SSSR count). The topological polar surface area (TPSA) is 6.48 Å². The summed E-state index contributed by atoms with van der Waals surface area (Å²) in [7, 11) is 0. The number of nitrogens with zero attached hydrogens (tertiary/aromatic N) is 2. The van der Waals surface area contributed by atoms with Gasteiger partial charge in [0.05, 0.1) is 0 Å². The molecule has 0 saturated carbocycles. The highest BCUT2D eigenvalue weighted by molar-refractivity contribution is 7.11. The third kappa shape index (κ3) is 6.43. The van der Waals surface area contributed by atoms with Gasteiger partial charge in [-0.05, 0) is 24.2 Å². The lowest BCUT2D eigenvalue weighted by molar-refractivity contribution is 0.310. The summed E-state index contributed by atoms with van der Waals surface area (Å²) in [5, 5.41) is 0. The maximum Gasteiger partial charge on any atom is 0.356 e. The molecule has 116 valence electrons. The standard InChI is InChI=1S/C14H30B2Cl2N2/c1-11(2)19(12(3)4)15(17)9-10-16(18)20(13(5)6)14(7)8/h9-14H,1-8H3. The molecular weight excluding hydrogens is 289 g/mol. The first-order valence-electron chi connectivity index (χ1n) is 7.60. The predicted octanol–water partition coefficient (Wildman–Crippen LogP) is 4.31. The Bertz CT molecular complexity index is 253. The predicted molar refractivity (Wildman–Crippen MR) is 96.6 cm³/mol. The fourth-order valence-corrected chi connectivity index (χ4v) is 3.78. The summed E-state index contributed by atoms with van der Waals surface area (Å²) in [5.41, 5.74) is 0. The molecule has 0 unspecified atom stereocenters. The van der Waals surface area contributed by atoms with Gasteiger partial charge in [-0.3, -0.25) is 0 Å². The van der Waals surface area contributed by atoms with E-state index in [1.807, 2.05) is 12.0 Å². The summed E-state index contributed by atoms with van der Waals surface area (Å²) in [6, 6.07) is 1.62. The first-order valence-corrected chi connectivity index (χ1v) is 8.48. The van der Waals surface area contributed by atoms with E-state index in [0.717, 1.165) is 0 Å². The number of hydrogen-bond donors (Lipinski definition) is 0. The van der Waals surface area contributed by atoms with Crippen LogP contribution in [-0.4, -0.2) is 46.3 Å². The number of halogens is 2. The summed E-state index contributed by atoms with van der Waals surface area (Å²) in [5.74, 6) is 4.02. The smallest absolute Gasteiger partial charge is 0.320 e. The van der Waals surface area contributed by atoms with Crippen LogP contribution in [0.5, 0.6) is 0 Å². The van der Waals surface area contributed by atoms with Crippen molar-refractivity contribution in [3.05, 3.63) is 12.0 Å². The van der Waals surface area contributed by atoms with Crippen LogP contribution in [-0.2, 0) is 0 Å². The van der Waals surface area contributed by atoms with E-state index in [-0.39, 0.29) is 12.5 Å². The quantitative estimate of drug-likeness (QED) is 0.615. The van der Waals surface area contributed by atoms with Crippen molar-refractivity contribution in [2.45, 2.75) is 79.6 Å². The summed E-state index contributed by atoms with van der Waals surface area (Å²) >= 11 is 13.0. The van der Waals surface area contributed by atoms with E-state index >= 15 is 0 Å². The van der Waals surface area contributed by atoms with E-state index < -0.39 is 0 Å². The van der Waals surface area contributed by atoms with E-state index in [4.69, 9.17) is 22.9 Å². The highest BCUT2D eigenvalue weighted by atomic mass is 35.5. The summed E-state index contributed by atoms with van der Waals surface area (Å²) < 4.78 is 0. The van der Waals surface area contributed by atoms with Crippen molar-refractivity contribution in [1.82, 2.24) is 9.62 Å².